The van der Waals surface area contributed by atoms with E-state index in [2.05, 4.69) is 0 Å². The van der Waals surface area contributed by atoms with Crippen LogP contribution >= 0.6 is 0 Å². The van der Waals surface area contributed by atoms with E-state index in [1.807, 2.05) is 0 Å². The highest BCUT2D eigenvalue weighted by Gasteiger charge is 2.18. The van der Waals surface area contributed by atoms with Gasteiger partial charge in [-0.25, -0.2) is 0 Å². The smallest absolute Gasteiger partial charge is 0.106 e. The van der Waals surface area contributed by atoms with Gasteiger partial charge in [0.15, 0.2) is 0 Å². The Morgan fingerprint density at radius 3 is 2.42 bits per heavy atom. The molecule has 4 nitrogen and oxygen atoms in total. The fourth-order valence-corrected chi connectivity index (χ4v) is 0.561. The van der Waals surface area contributed by atoms with Crippen LogP contribution in [0.5, 0.6) is 0 Å². The van der Waals surface area contributed by atoms with Gasteiger partial charge in [-0.05, 0) is 6.92 Å². The molecule has 72 valence electrons. The van der Waals surface area contributed by atoms with Crippen LogP contribution in [0.25, 0.3) is 0 Å². The Kier molecular flexibility index (Phi) is 5.08. The molecule has 12 heavy (non-hydrogen) atoms. The normalized spacial score (nSPS) is 19.4. The predicted molar refractivity (Wildman–Crippen MR) is 44.7 cm³/mol. The lowest BCUT2D eigenvalue weighted by atomic mass is 10.1. The lowest BCUT2D eigenvalue weighted by Crippen LogP contribution is -2.29. The molecule has 3 N–H and O–H groups in total. The summed E-state index contributed by atoms with van der Waals surface area (Å²) in [5, 5.41) is 26.3. The van der Waals surface area contributed by atoms with Crippen LogP contribution in [0.15, 0.2) is 12.2 Å². The van der Waals surface area contributed by atoms with Crippen LogP contribution in [0.3, 0.4) is 0 Å². The average Bonchev–Trinajstić information content (AvgIpc) is 2.13. The van der Waals surface area contributed by atoms with Crippen molar-refractivity contribution in [1.82, 2.24) is 0 Å². The second kappa shape index (κ2) is 5.27. The number of aliphatic hydroxyl groups excluding tert-OH is 3. The third-order valence-corrected chi connectivity index (χ3v) is 1.64. The monoisotopic (exact) mass is 176 g/mol. The highest BCUT2D eigenvalue weighted by Crippen LogP contribution is 2.09. The Morgan fingerprint density at radius 1 is 1.50 bits per heavy atom. The van der Waals surface area contributed by atoms with Gasteiger partial charge in [0.25, 0.3) is 0 Å². The summed E-state index contributed by atoms with van der Waals surface area (Å²) in [7, 11) is 1.46. The summed E-state index contributed by atoms with van der Waals surface area (Å²) in [6, 6.07) is 0. The molecule has 0 aromatic carbocycles. The van der Waals surface area contributed by atoms with Crippen LogP contribution in [0.1, 0.15) is 6.92 Å². The van der Waals surface area contributed by atoms with Gasteiger partial charge in [0, 0.05) is 7.11 Å². The first-order valence-electron chi connectivity index (χ1n) is 3.72. The number of aliphatic hydroxyl groups is 3. The van der Waals surface area contributed by atoms with E-state index in [4.69, 9.17) is 20.1 Å². The van der Waals surface area contributed by atoms with Gasteiger partial charge >= 0.3 is 0 Å². The molecule has 0 aliphatic carbocycles. The van der Waals surface area contributed by atoms with Crippen molar-refractivity contribution in [2.45, 2.75) is 18.6 Å². The Morgan fingerprint density at radius 2 is 2.08 bits per heavy atom. The molecule has 2 atom stereocenters. The molecule has 0 aliphatic heterocycles. The number of ether oxygens (including phenoxy) is 1. The third kappa shape index (κ3) is 3.82. The van der Waals surface area contributed by atoms with Crippen molar-refractivity contribution in [2.75, 3.05) is 20.3 Å². The molecule has 0 unspecified atom stereocenters. The lowest BCUT2D eigenvalue weighted by Gasteiger charge is -2.21. The molecule has 0 saturated carbocycles. The van der Waals surface area contributed by atoms with E-state index in [0.717, 1.165) is 0 Å². The van der Waals surface area contributed by atoms with Crippen molar-refractivity contribution in [3.05, 3.63) is 12.2 Å². The van der Waals surface area contributed by atoms with Crippen molar-refractivity contribution >= 4 is 0 Å². The summed E-state index contributed by atoms with van der Waals surface area (Å²) in [6.45, 7) is 1.17. The van der Waals surface area contributed by atoms with Crippen LogP contribution in [-0.2, 0) is 4.74 Å². The van der Waals surface area contributed by atoms with Gasteiger partial charge in [0.2, 0.25) is 0 Å². The number of rotatable bonds is 5. The maximum absolute atomic E-state index is 8.94. The van der Waals surface area contributed by atoms with Crippen LogP contribution in [0.2, 0.25) is 0 Å². The van der Waals surface area contributed by atoms with Crippen LogP contribution in [0, 0.1) is 0 Å². The molecule has 0 fully saturated rings. The SMILES string of the molecule is CO[C@@](C)(/C=C\[C@H](O)CO)CO. The minimum absolute atomic E-state index is 0.169. The van der Waals surface area contributed by atoms with Gasteiger partial charge in [0.05, 0.1) is 19.3 Å². The average molecular weight is 176 g/mol. The summed E-state index contributed by atoms with van der Waals surface area (Å²) in [5.41, 5.74) is -0.782. The standard InChI is InChI=1S/C8H16O4/c1-8(6-10,12-2)4-3-7(11)5-9/h3-4,7,9-11H,5-6H2,1-2H3/b4-3-/t7-,8-/m0/s1. The zero-order chi connectivity index (χ0) is 9.61. The van der Waals surface area contributed by atoms with E-state index in [9.17, 15) is 0 Å². The van der Waals surface area contributed by atoms with E-state index in [0.29, 0.717) is 0 Å². The summed E-state index contributed by atoms with van der Waals surface area (Å²) in [6.07, 6.45) is 2.01. The zero-order valence-electron chi connectivity index (χ0n) is 7.40. The Balaban J connectivity index is 4.09. The quantitative estimate of drug-likeness (QED) is 0.484. The summed E-state index contributed by atoms with van der Waals surface area (Å²) in [5.74, 6) is 0. The number of methoxy groups -OCH3 is 1. The first-order valence-corrected chi connectivity index (χ1v) is 3.72. The van der Waals surface area contributed by atoms with Gasteiger partial charge in [0.1, 0.15) is 5.60 Å². The summed E-state index contributed by atoms with van der Waals surface area (Å²) >= 11 is 0. The lowest BCUT2D eigenvalue weighted by molar-refractivity contribution is -0.000677. The highest BCUT2D eigenvalue weighted by atomic mass is 16.5. The Hall–Kier alpha value is -0.420. The number of hydrogen-bond donors (Lipinski definition) is 3. The van der Waals surface area contributed by atoms with Crippen LogP contribution in [0.4, 0.5) is 0 Å². The van der Waals surface area contributed by atoms with Gasteiger partial charge < -0.3 is 20.1 Å². The molecule has 0 radical (unpaired) electrons. The van der Waals surface area contributed by atoms with Crippen molar-refractivity contribution < 1.29 is 20.1 Å². The fourth-order valence-electron chi connectivity index (χ4n) is 0.561. The predicted octanol–water partition coefficient (Wildman–Crippen LogP) is -0.707. The minimum atomic E-state index is -0.897. The molecule has 0 aromatic heterocycles. The summed E-state index contributed by atoms with van der Waals surface area (Å²) < 4.78 is 4.95. The molecule has 0 aromatic rings. The maximum atomic E-state index is 8.94. The molecule has 0 bridgehead atoms. The van der Waals surface area contributed by atoms with E-state index in [1.54, 1.807) is 6.92 Å². The minimum Gasteiger partial charge on any atom is -0.393 e. The van der Waals surface area contributed by atoms with E-state index in [-0.39, 0.29) is 13.2 Å². The highest BCUT2D eigenvalue weighted by molar-refractivity contribution is 5.02. The molecule has 0 aliphatic rings. The molecular weight excluding hydrogens is 160 g/mol. The van der Waals surface area contributed by atoms with Crippen LogP contribution in [-0.4, -0.2) is 47.3 Å². The third-order valence-electron chi connectivity index (χ3n) is 1.64. The van der Waals surface area contributed by atoms with Crippen molar-refractivity contribution in [3.63, 3.8) is 0 Å². The van der Waals surface area contributed by atoms with Crippen LogP contribution < -0.4 is 0 Å². The number of hydrogen-bond acceptors (Lipinski definition) is 4. The maximum Gasteiger partial charge on any atom is 0.106 e. The largest absolute Gasteiger partial charge is 0.393 e. The van der Waals surface area contributed by atoms with Crippen molar-refractivity contribution in [3.8, 4) is 0 Å². The molecule has 4 heteroatoms. The van der Waals surface area contributed by atoms with E-state index >= 15 is 0 Å². The molecule has 0 spiro atoms. The zero-order valence-corrected chi connectivity index (χ0v) is 7.40. The molecule has 0 rings (SSSR count). The second-order valence-electron chi connectivity index (χ2n) is 2.78. The van der Waals surface area contributed by atoms with Crippen molar-refractivity contribution in [1.29, 1.82) is 0 Å². The molecule has 0 heterocycles. The molecular formula is C8H16O4. The fraction of sp³-hybridized carbons (Fsp3) is 0.750. The first kappa shape index (κ1) is 11.6. The summed E-state index contributed by atoms with van der Waals surface area (Å²) in [4.78, 5) is 0. The first-order chi connectivity index (χ1) is 5.58. The Labute approximate surface area is 72.1 Å². The Bertz CT molecular complexity index is 140. The molecule has 0 amide bonds. The van der Waals surface area contributed by atoms with Crippen molar-refractivity contribution in [2.24, 2.45) is 0 Å². The van der Waals surface area contributed by atoms with Gasteiger partial charge in [-0.1, -0.05) is 12.2 Å². The van der Waals surface area contributed by atoms with E-state index in [1.165, 1.54) is 19.3 Å². The topological polar surface area (TPSA) is 69.9 Å². The van der Waals surface area contributed by atoms with Gasteiger partial charge in [-0.15, -0.1) is 0 Å². The molecule has 0 saturated heterocycles. The second-order valence-corrected chi connectivity index (χ2v) is 2.78. The van der Waals surface area contributed by atoms with Gasteiger partial charge in [-0.2, -0.15) is 0 Å². The van der Waals surface area contributed by atoms with E-state index < -0.39 is 11.7 Å². The van der Waals surface area contributed by atoms with Gasteiger partial charge in [-0.3, -0.25) is 0 Å².